The molecule has 3 nitrogen and oxygen atoms in total. The van der Waals surface area contributed by atoms with Crippen LogP contribution in [-0.4, -0.2) is 20.0 Å². The Bertz CT molecular complexity index is 1170. The number of halogens is 2. The van der Waals surface area contributed by atoms with Crippen molar-refractivity contribution >= 4 is 29.0 Å². The minimum absolute atomic E-state index is 0.0310. The van der Waals surface area contributed by atoms with Crippen LogP contribution >= 0.6 is 23.2 Å². The average Bonchev–Trinajstić information content (AvgIpc) is 2.87. The molecule has 2 unspecified atom stereocenters. The molecule has 172 valence electrons. The molecule has 4 rings (SSSR count). The third kappa shape index (κ3) is 4.96. The maximum absolute atomic E-state index is 14.5. The van der Waals surface area contributed by atoms with E-state index >= 15 is 0 Å². The molecule has 34 heavy (non-hydrogen) atoms. The fourth-order valence-corrected chi connectivity index (χ4v) is 4.75. The average molecular weight is 491 g/mol. The van der Waals surface area contributed by atoms with E-state index in [4.69, 9.17) is 32.7 Å². The summed E-state index contributed by atoms with van der Waals surface area (Å²) in [6.07, 6.45) is 0. The second-order valence-corrected chi connectivity index (χ2v) is 8.68. The first-order chi connectivity index (χ1) is 16.5. The van der Waals surface area contributed by atoms with Crippen LogP contribution in [-0.2, 0) is 4.79 Å². The Morgan fingerprint density at radius 1 is 0.618 bits per heavy atom. The summed E-state index contributed by atoms with van der Waals surface area (Å²) in [5.74, 6) is 0.0131. The molecule has 0 bridgehead atoms. The van der Waals surface area contributed by atoms with Gasteiger partial charge in [0, 0.05) is 10.0 Å². The van der Waals surface area contributed by atoms with Crippen LogP contribution in [0.3, 0.4) is 0 Å². The number of carbonyl (C=O) groups excluding carboxylic acids is 1. The maximum atomic E-state index is 14.5. The molecule has 0 aliphatic rings. The predicted octanol–water partition coefficient (Wildman–Crippen LogP) is 7.54. The summed E-state index contributed by atoms with van der Waals surface area (Å²) in [6.45, 7) is 0. The molecule has 0 radical (unpaired) electrons. The van der Waals surface area contributed by atoms with Crippen LogP contribution in [0.15, 0.2) is 97.1 Å². The van der Waals surface area contributed by atoms with Gasteiger partial charge in [-0.15, -0.1) is 0 Å². The summed E-state index contributed by atoms with van der Waals surface area (Å²) in [7, 11) is 3.17. The van der Waals surface area contributed by atoms with Crippen molar-refractivity contribution in [2.24, 2.45) is 0 Å². The number of ketones is 1. The summed E-state index contributed by atoms with van der Waals surface area (Å²) < 4.78 is 10.6. The Hall–Kier alpha value is -3.27. The third-order valence-corrected chi connectivity index (χ3v) is 6.53. The van der Waals surface area contributed by atoms with Crippen molar-refractivity contribution in [3.8, 4) is 11.5 Å². The minimum Gasteiger partial charge on any atom is -0.497 e. The Kier molecular flexibility index (Phi) is 7.56. The van der Waals surface area contributed by atoms with E-state index in [9.17, 15) is 4.79 Å². The Labute approximate surface area is 209 Å². The number of hydrogen-bond donors (Lipinski definition) is 0. The number of hydrogen-bond acceptors (Lipinski definition) is 3. The molecular weight excluding hydrogens is 467 g/mol. The second-order valence-electron chi connectivity index (χ2n) is 7.86. The molecule has 0 N–H and O–H groups in total. The van der Waals surface area contributed by atoms with Gasteiger partial charge in [-0.3, -0.25) is 4.79 Å². The summed E-state index contributed by atoms with van der Waals surface area (Å²) in [5, 5.41) is 0.934. The van der Waals surface area contributed by atoms with Crippen molar-refractivity contribution in [2.75, 3.05) is 14.2 Å². The highest BCUT2D eigenvalue weighted by Crippen LogP contribution is 2.41. The SMILES string of the molecule is COc1ccc(C(C(=O)C(c2ccccc2)c2ccc(OC)cc2Cl)c2ccccc2)c(Cl)c1. The molecule has 0 saturated heterocycles. The lowest BCUT2D eigenvalue weighted by Crippen LogP contribution is -2.23. The minimum atomic E-state index is -0.608. The molecule has 2 atom stereocenters. The number of ether oxygens (including phenoxy) is 2. The van der Waals surface area contributed by atoms with E-state index in [1.54, 1.807) is 26.4 Å². The van der Waals surface area contributed by atoms with Crippen LogP contribution in [0.4, 0.5) is 0 Å². The highest BCUT2D eigenvalue weighted by molar-refractivity contribution is 6.32. The van der Waals surface area contributed by atoms with Crippen LogP contribution in [0.2, 0.25) is 10.0 Å². The zero-order valence-corrected chi connectivity index (χ0v) is 20.4. The van der Waals surface area contributed by atoms with Crippen LogP contribution in [0.25, 0.3) is 0 Å². The topological polar surface area (TPSA) is 35.5 Å². The lowest BCUT2D eigenvalue weighted by atomic mass is 9.77. The lowest BCUT2D eigenvalue weighted by molar-refractivity contribution is -0.120. The molecule has 4 aromatic carbocycles. The first-order valence-corrected chi connectivity index (χ1v) is 11.6. The molecule has 5 heteroatoms. The predicted molar refractivity (Wildman–Crippen MR) is 138 cm³/mol. The molecule has 0 aliphatic carbocycles. The van der Waals surface area contributed by atoms with Crippen molar-refractivity contribution in [2.45, 2.75) is 11.8 Å². The smallest absolute Gasteiger partial charge is 0.156 e. The van der Waals surface area contributed by atoms with Gasteiger partial charge in [0.1, 0.15) is 11.5 Å². The number of carbonyl (C=O) groups is 1. The fraction of sp³-hybridized carbons (Fsp3) is 0.138. The normalized spacial score (nSPS) is 12.6. The molecule has 0 aliphatic heterocycles. The van der Waals surface area contributed by atoms with Gasteiger partial charge in [0.25, 0.3) is 0 Å². The van der Waals surface area contributed by atoms with E-state index < -0.39 is 11.8 Å². The van der Waals surface area contributed by atoms with Gasteiger partial charge in [0.15, 0.2) is 5.78 Å². The third-order valence-electron chi connectivity index (χ3n) is 5.87. The van der Waals surface area contributed by atoms with E-state index in [2.05, 4.69) is 0 Å². The molecule has 0 saturated carbocycles. The van der Waals surface area contributed by atoms with Crippen molar-refractivity contribution in [1.29, 1.82) is 0 Å². The van der Waals surface area contributed by atoms with E-state index in [-0.39, 0.29) is 5.78 Å². The van der Waals surface area contributed by atoms with Crippen LogP contribution in [0, 0.1) is 0 Å². The van der Waals surface area contributed by atoms with Crippen LogP contribution in [0.5, 0.6) is 11.5 Å². The Morgan fingerprint density at radius 2 is 1.00 bits per heavy atom. The highest BCUT2D eigenvalue weighted by Gasteiger charge is 2.34. The first-order valence-electron chi connectivity index (χ1n) is 10.8. The van der Waals surface area contributed by atoms with Gasteiger partial charge in [-0.2, -0.15) is 0 Å². The van der Waals surface area contributed by atoms with Crippen LogP contribution < -0.4 is 9.47 Å². The molecule has 0 aromatic heterocycles. The monoisotopic (exact) mass is 490 g/mol. The van der Waals surface area contributed by atoms with Crippen molar-refractivity contribution in [3.05, 3.63) is 129 Å². The number of benzene rings is 4. The zero-order chi connectivity index (χ0) is 24.1. The van der Waals surface area contributed by atoms with Crippen molar-refractivity contribution in [1.82, 2.24) is 0 Å². The molecular formula is C29H24Cl2O3. The Morgan fingerprint density at radius 3 is 1.32 bits per heavy atom. The number of rotatable bonds is 8. The van der Waals surface area contributed by atoms with Crippen molar-refractivity contribution < 1.29 is 14.3 Å². The number of methoxy groups -OCH3 is 2. The van der Waals surface area contributed by atoms with Gasteiger partial charge in [-0.1, -0.05) is 96.0 Å². The molecule has 0 amide bonds. The second kappa shape index (κ2) is 10.8. The van der Waals surface area contributed by atoms with Gasteiger partial charge in [0.2, 0.25) is 0 Å². The van der Waals surface area contributed by atoms with Crippen LogP contribution in [0.1, 0.15) is 34.1 Å². The summed E-state index contributed by atoms with van der Waals surface area (Å²) in [5.41, 5.74) is 3.13. The fourth-order valence-electron chi connectivity index (χ4n) is 4.19. The van der Waals surface area contributed by atoms with Crippen molar-refractivity contribution in [3.63, 3.8) is 0 Å². The zero-order valence-electron chi connectivity index (χ0n) is 18.9. The summed E-state index contributed by atoms with van der Waals surface area (Å²) in [4.78, 5) is 14.5. The van der Waals surface area contributed by atoms with E-state index in [0.717, 1.165) is 11.1 Å². The highest BCUT2D eigenvalue weighted by atomic mass is 35.5. The van der Waals surface area contributed by atoms with Gasteiger partial charge in [0.05, 0.1) is 26.1 Å². The molecule has 0 fully saturated rings. The van der Waals surface area contributed by atoms with E-state index in [1.165, 1.54) is 0 Å². The van der Waals surface area contributed by atoms with Gasteiger partial charge < -0.3 is 9.47 Å². The summed E-state index contributed by atoms with van der Waals surface area (Å²) >= 11 is 13.4. The van der Waals surface area contributed by atoms with E-state index in [0.29, 0.717) is 32.7 Å². The molecule has 4 aromatic rings. The quantitative estimate of drug-likeness (QED) is 0.255. The summed E-state index contributed by atoms with van der Waals surface area (Å²) in [6, 6.07) is 30.1. The van der Waals surface area contributed by atoms with Gasteiger partial charge in [-0.05, 0) is 46.5 Å². The van der Waals surface area contributed by atoms with Gasteiger partial charge in [-0.25, -0.2) is 0 Å². The van der Waals surface area contributed by atoms with Gasteiger partial charge >= 0.3 is 0 Å². The first kappa shape index (κ1) is 23.9. The largest absolute Gasteiger partial charge is 0.497 e. The number of Topliss-reactive ketones (excluding diaryl/α,β-unsaturated/α-hetero) is 1. The lowest BCUT2D eigenvalue weighted by Gasteiger charge is -2.26. The molecule has 0 heterocycles. The maximum Gasteiger partial charge on any atom is 0.156 e. The standard InChI is InChI=1S/C29H24Cl2O3/c1-33-21-13-15-23(25(30)17-21)27(19-9-5-3-6-10-19)29(32)28(20-11-7-4-8-12-20)24-16-14-22(34-2)18-26(24)31/h3-18,27-28H,1-2H3. The Balaban J connectivity index is 1.91. The van der Waals surface area contributed by atoms with E-state index in [1.807, 2.05) is 84.9 Å². The molecule has 0 spiro atoms.